The van der Waals surface area contributed by atoms with Crippen LogP contribution in [0.2, 0.25) is 0 Å². The minimum atomic E-state index is 0.0616. The second-order valence-corrected chi connectivity index (χ2v) is 6.70. The van der Waals surface area contributed by atoms with Gasteiger partial charge in [0.2, 0.25) is 11.9 Å². The van der Waals surface area contributed by atoms with E-state index >= 15 is 0 Å². The van der Waals surface area contributed by atoms with Crippen LogP contribution < -0.4 is 10.1 Å². The molecule has 1 amide bonds. The maximum Gasteiger partial charge on any atom is 0.233 e. The lowest BCUT2D eigenvalue weighted by Crippen LogP contribution is -2.39. The number of anilines is 1. The number of aliphatic imine (C=N–C) groups is 1. The molecular weight excluding hydrogens is 326 g/mol. The maximum absolute atomic E-state index is 12.8. The van der Waals surface area contributed by atoms with Crippen molar-refractivity contribution in [2.75, 3.05) is 25.5 Å². The summed E-state index contributed by atoms with van der Waals surface area (Å²) in [4.78, 5) is 19.1. The standard InChI is InChI=1S/C21H23N3O2/c1-26-17-10-8-15(9-11-17)14-20(25)24-13-12-22-21(24)23-19-7-3-5-16-4-2-6-18(16)19/h3,5,7-11H,2,4,6,12-14H2,1H3,(H,22,23). The summed E-state index contributed by atoms with van der Waals surface area (Å²) >= 11 is 0. The largest absolute Gasteiger partial charge is 0.497 e. The topological polar surface area (TPSA) is 53.9 Å². The number of nitrogens with zero attached hydrogens (tertiary/aromatic N) is 2. The van der Waals surface area contributed by atoms with Gasteiger partial charge in [0.15, 0.2) is 0 Å². The first-order valence-corrected chi connectivity index (χ1v) is 9.10. The van der Waals surface area contributed by atoms with Crippen molar-refractivity contribution in [2.24, 2.45) is 4.99 Å². The highest BCUT2D eigenvalue weighted by Gasteiger charge is 2.25. The molecule has 0 atom stereocenters. The molecule has 1 N–H and O–H groups in total. The van der Waals surface area contributed by atoms with Crippen LogP contribution in [0.3, 0.4) is 0 Å². The van der Waals surface area contributed by atoms with E-state index in [9.17, 15) is 4.79 Å². The monoisotopic (exact) mass is 349 g/mol. The number of guanidine groups is 1. The van der Waals surface area contributed by atoms with Crippen molar-refractivity contribution in [2.45, 2.75) is 25.7 Å². The minimum absolute atomic E-state index is 0.0616. The van der Waals surface area contributed by atoms with E-state index in [2.05, 4.69) is 28.5 Å². The lowest BCUT2D eigenvalue weighted by molar-refractivity contribution is -0.126. The van der Waals surface area contributed by atoms with Crippen LogP contribution in [0, 0.1) is 0 Å². The molecule has 0 spiro atoms. The number of benzene rings is 2. The van der Waals surface area contributed by atoms with Crippen LogP contribution in [-0.2, 0) is 24.1 Å². The number of nitrogens with one attached hydrogen (secondary N) is 1. The van der Waals surface area contributed by atoms with E-state index in [1.165, 1.54) is 17.5 Å². The SMILES string of the molecule is COc1ccc(CC(=O)N2CCN=C2Nc2cccc3c2CCC3)cc1. The highest BCUT2D eigenvalue weighted by Crippen LogP contribution is 2.29. The van der Waals surface area contributed by atoms with Gasteiger partial charge in [0.25, 0.3) is 0 Å². The van der Waals surface area contributed by atoms with Gasteiger partial charge in [-0.1, -0.05) is 24.3 Å². The molecule has 4 rings (SSSR count). The van der Waals surface area contributed by atoms with Gasteiger partial charge in [-0.2, -0.15) is 0 Å². The van der Waals surface area contributed by atoms with Gasteiger partial charge in [0, 0.05) is 12.2 Å². The zero-order valence-electron chi connectivity index (χ0n) is 15.0. The fraction of sp³-hybridized carbons (Fsp3) is 0.333. The quantitative estimate of drug-likeness (QED) is 0.923. The third kappa shape index (κ3) is 3.29. The second-order valence-electron chi connectivity index (χ2n) is 6.70. The third-order valence-electron chi connectivity index (χ3n) is 5.05. The smallest absolute Gasteiger partial charge is 0.233 e. The van der Waals surface area contributed by atoms with Gasteiger partial charge in [-0.05, 0) is 54.2 Å². The first kappa shape index (κ1) is 16.6. The zero-order chi connectivity index (χ0) is 17.9. The molecule has 1 heterocycles. The van der Waals surface area contributed by atoms with E-state index in [1.54, 1.807) is 12.0 Å². The normalized spacial score (nSPS) is 15.6. The van der Waals surface area contributed by atoms with Crippen molar-refractivity contribution in [1.29, 1.82) is 0 Å². The summed E-state index contributed by atoms with van der Waals surface area (Å²) < 4.78 is 5.17. The summed E-state index contributed by atoms with van der Waals surface area (Å²) in [5.74, 6) is 1.53. The van der Waals surface area contributed by atoms with Gasteiger partial charge in [-0.3, -0.25) is 14.7 Å². The molecule has 0 saturated carbocycles. The van der Waals surface area contributed by atoms with E-state index in [0.29, 0.717) is 25.5 Å². The average Bonchev–Trinajstić information content (AvgIpc) is 3.32. The van der Waals surface area contributed by atoms with Gasteiger partial charge >= 0.3 is 0 Å². The molecule has 0 bridgehead atoms. The Morgan fingerprint density at radius 1 is 1.19 bits per heavy atom. The number of aryl methyl sites for hydroxylation is 1. The summed E-state index contributed by atoms with van der Waals surface area (Å²) in [6.45, 7) is 1.28. The molecule has 0 unspecified atom stereocenters. The predicted molar refractivity (Wildman–Crippen MR) is 103 cm³/mol. The number of hydrogen-bond acceptors (Lipinski definition) is 4. The Morgan fingerprint density at radius 3 is 2.85 bits per heavy atom. The molecule has 2 aliphatic rings. The van der Waals surface area contributed by atoms with Crippen LogP contribution in [0.4, 0.5) is 5.69 Å². The zero-order valence-corrected chi connectivity index (χ0v) is 15.0. The van der Waals surface area contributed by atoms with Crippen LogP contribution in [0.15, 0.2) is 47.5 Å². The van der Waals surface area contributed by atoms with E-state index in [4.69, 9.17) is 4.74 Å². The van der Waals surface area contributed by atoms with Crippen molar-refractivity contribution < 1.29 is 9.53 Å². The van der Waals surface area contributed by atoms with Gasteiger partial charge in [-0.15, -0.1) is 0 Å². The van der Waals surface area contributed by atoms with E-state index in [-0.39, 0.29) is 5.91 Å². The Bertz CT molecular complexity index is 843. The summed E-state index contributed by atoms with van der Waals surface area (Å²) in [5.41, 5.74) is 4.83. The molecule has 2 aromatic carbocycles. The predicted octanol–water partition coefficient (Wildman–Crippen LogP) is 3.04. The highest BCUT2D eigenvalue weighted by atomic mass is 16.5. The van der Waals surface area contributed by atoms with E-state index in [1.807, 2.05) is 24.3 Å². The van der Waals surface area contributed by atoms with Crippen LogP contribution in [0.5, 0.6) is 5.75 Å². The Balaban J connectivity index is 1.46. The van der Waals surface area contributed by atoms with Crippen LogP contribution >= 0.6 is 0 Å². The van der Waals surface area contributed by atoms with Gasteiger partial charge in [0.1, 0.15) is 5.75 Å². The van der Waals surface area contributed by atoms with Gasteiger partial charge in [-0.25, -0.2) is 0 Å². The van der Waals surface area contributed by atoms with Gasteiger partial charge in [0.05, 0.1) is 20.1 Å². The summed E-state index contributed by atoms with van der Waals surface area (Å²) in [6.07, 6.45) is 3.78. The number of carbonyl (C=O) groups excluding carboxylic acids is 1. The fourth-order valence-corrected chi connectivity index (χ4v) is 3.67. The first-order chi connectivity index (χ1) is 12.7. The molecular formula is C21H23N3O2. The third-order valence-corrected chi connectivity index (χ3v) is 5.05. The number of carbonyl (C=O) groups is 1. The Morgan fingerprint density at radius 2 is 2.04 bits per heavy atom. The second kappa shape index (κ2) is 7.20. The number of methoxy groups -OCH3 is 1. The molecule has 1 aliphatic carbocycles. The number of ether oxygens (including phenoxy) is 1. The van der Waals surface area contributed by atoms with E-state index < -0.39 is 0 Å². The summed E-state index contributed by atoms with van der Waals surface area (Å²) in [5, 5.41) is 3.41. The molecule has 0 radical (unpaired) electrons. The summed E-state index contributed by atoms with van der Waals surface area (Å²) in [7, 11) is 1.64. The maximum atomic E-state index is 12.8. The molecule has 2 aromatic rings. The van der Waals surface area contributed by atoms with Crippen LogP contribution in [0.1, 0.15) is 23.1 Å². The Hall–Kier alpha value is -2.82. The fourth-order valence-electron chi connectivity index (χ4n) is 3.67. The Kier molecular flexibility index (Phi) is 4.61. The molecule has 134 valence electrons. The highest BCUT2D eigenvalue weighted by molar-refractivity contribution is 6.06. The number of rotatable bonds is 4. The number of amides is 1. The number of fused-ring (bicyclic) bond motifs is 1. The molecule has 5 heteroatoms. The molecule has 0 fully saturated rings. The minimum Gasteiger partial charge on any atom is -0.497 e. The van der Waals surface area contributed by atoms with Crippen molar-refractivity contribution in [3.8, 4) is 5.75 Å². The molecule has 0 saturated heterocycles. The Labute approximate surface area is 153 Å². The molecule has 26 heavy (non-hydrogen) atoms. The molecule has 0 aromatic heterocycles. The van der Waals surface area contributed by atoms with Crippen molar-refractivity contribution >= 4 is 17.6 Å². The van der Waals surface area contributed by atoms with Crippen molar-refractivity contribution in [3.05, 3.63) is 59.2 Å². The lowest BCUT2D eigenvalue weighted by atomic mass is 10.1. The number of hydrogen-bond donors (Lipinski definition) is 1. The van der Waals surface area contributed by atoms with Crippen LogP contribution in [0.25, 0.3) is 0 Å². The van der Waals surface area contributed by atoms with E-state index in [0.717, 1.165) is 29.8 Å². The van der Waals surface area contributed by atoms with Crippen molar-refractivity contribution in [3.63, 3.8) is 0 Å². The summed E-state index contributed by atoms with van der Waals surface area (Å²) in [6, 6.07) is 14.0. The molecule has 1 aliphatic heterocycles. The first-order valence-electron chi connectivity index (χ1n) is 9.10. The lowest BCUT2D eigenvalue weighted by Gasteiger charge is -2.20. The van der Waals surface area contributed by atoms with Gasteiger partial charge < -0.3 is 10.1 Å². The molecule has 5 nitrogen and oxygen atoms in total. The average molecular weight is 349 g/mol. The van der Waals surface area contributed by atoms with Crippen molar-refractivity contribution in [1.82, 2.24) is 4.90 Å². The van der Waals surface area contributed by atoms with Crippen LogP contribution in [-0.4, -0.2) is 37.0 Å².